The molecule has 0 saturated carbocycles. The third kappa shape index (κ3) is 15.8. The van der Waals surface area contributed by atoms with Gasteiger partial charge >= 0.3 is 16.1 Å². The van der Waals surface area contributed by atoms with Gasteiger partial charge in [-0.05, 0) is 38.5 Å². The first-order valence-corrected chi connectivity index (χ1v) is 12.2. The van der Waals surface area contributed by atoms with Crippen molar-refractivity contribution in [1.82, 2.24) is 0 Å². The lowest BCUT2D eigenvalue weighted by molar-refractivity contribution is -0.134. The van der Waals surface area contributed by atoms with Gasteiger partial charge in [0.2, 0.25) is 0 Å². The Labute approximate surface area is 166 Å². The summed E-state index contributed by atoms with van der Waals surface area (Å²) in [6.07, 6.45) is 19.7. The number of hydrogen-bond donors (Lipinski definition) is 1. The average molecular weight is 405 g/mol. The number of rotatable bonds is 18. The zero-order chi connectivity index (χ0) is 20.4. The van der Waals surface area contributed by atoms with E-state index in [4.69, 9.17) is 0 Å². The topological polar surface area (TPSA) is 80.7 Å². The second-order valence-corrected chi connectivity index (χ2v) is 8.84. The van der Waals surface area contributed by atoms with Crippen LogP contribution in [0.2, 0.25) is 0 Å². The molecule has 0 aliphatic carbocycles. The standard InChI is InChI=1S/C21H40O5S/c1-3-5-6-7-8-9-10-11-12-13-14-15-16-17-18-19-20(22)26-27(24,25)21(23)4-2/h11-12,21,23H,3-10,13-19H2,1-2H3/b12-11-. The van der Waals surface area contributed by atoms with E-state index in [9.17, 15) is 18.3 Å². The summed E-state index contributed by atoms with van der Waals surface area (Å²) in [6.45, 7) is 3.75. The van der Waals surface area contributed by atoms with Crippen molar-refractivity contribution < 1.29 is 22.5 Å². The minimum atomic E-state index is -4.18. The average Bonchev–Trinajstić information content (AvgIpc) is 2.63. The van der Waals surface area contributed by atoms with Gasteiger partial charge in [0, 0.05) is 6.42 Å². The van der Waals surface area contributed by atoms with Crippen molar-refractivity contribution in [2.75, 3.05) is 0 Å². The summed E-state index contributed by atoms with van der Waals surface area (Å²) in [6, 6.07) is 0. The van der Waals surface area contributed by atoms with Crippen LogP contribution in [-0.2, 0) is 19.1 Å². The van der Waals surface area contributed by atoms with E-state index in [1.807, 2.05) is 0 Å². The van der Waals surface area contributed by atoms with Crippen molar-refractivity contribution in [2.45, 2.75) is 116 Å². The van der Waals surface area contributed by atoms with Gasteiger partial charge < -0.3 is 9.29 Å². The molecule has 0 fully saturated rings. The maximum absolute atomic E-state index is 11.5. The zero-order valence-corrected chi connectivity index (χ0v) is 18.1. The van der Waals surface area contributed by atoms with E-state index in [2.05, 4.69) is 23.3 Å². The molecule has 1 N–H and O–H groups in total. The Kier molecular flexibility index (Phi) is 16.7. The molecular weight excluding hydrogens is 364 g/mol. The van der Waals surface area contributed by atoms with Gasteiger partial charge in [-0.15, -0.1) is 0 Å². The summed E-state index contributed by atoms with van der Waals surface area (Å²) in [5.74, 6) is -0.778. The van der Waals surface area contributed by atoms with E-state index in [1.54, 1.807) is 0 Å². The lowest BCUT2D eigenvalue weighted by Gasteiger charge is -2.09. The summed E-state index contributed by atoms with van der Waals surface area (Å²) in [5.41, 5.74) is -1.63. The van der Waals surface area contributed by atoms with Crippen molar-refractivity contribution in [1.29, 1.82) is 0 Å². The van der Waals surface area contributed by atoms with Gasteiger partial charge in [0.25, 0.3) is 0 Å². The molecule has 0 amide bonds. The molecule has 5 nitrogen and oxygen atoms in total. The van der Waals surface area contributed by atoms with Crippen LogP contribution in [-0.4, -0.2) is 24.9 Å². The van der Waals surface area contributed by atoms with E-state index < -0.39 is 21.5 Å². The molecule has 0 aliphatic heterocycles. The Bertz CT molecular complexity index is 485. The third-order valence-electron chi connectivity index (χ3n) is 4.53. The minimum Gasteiger partial charge on any atom is -0.374 e. The summed E-state index contributed by atoms with van der Waals surface area (Å²) < 4.78 is 27.2. The normalized spacial score (nSPS) is 13.1. The fourth-order valence-electron chi connectivity index (χ4n) is 2.77. The summed E-state index contributed by atoms with van der Waals surface area (Å²) in [5, 5.41) is 9.27. The van der Waals surface area contributed by atoms with Crippen LogP contribution in [0.1, 0.15) is 110 Å². The van der Waals surface area contributed by atoms with Crippen molar-refractivity contribution in [3.8, 4) is 0 Å². The van der Waals surface area contributed by atoms with E-state index in [1.165, 1.54) is 51.9 Å². The summed E-state index contributed by atoms with van der Waals surface area (Å²) in [7, 11) is -4.18. The lowest BCUT2D eigenvalue weighted by Crippen LogP contribution is -2.25. The highest BCUT2D eigenvalue weighted by atomic mass is 32.2. The minimum absolute atomic E-state index is 0.00299. The number of carbonyl (C=O) groups is 1. The van der Waals surface area contributed by atoms with Gasteiger partial charge in [0.15, 0.2) is 5.44 Å². The van der Waals surface area contributed by atoms with Crippen LogP contribution in [0.3, 0.4) is 0 Å². The molecule has 160 valence electrons. The van der Waals surface area contributed by atoms with E-state index in [0.717, 1.165) is 32.1 Å². The predicted octanol–water partition coefficient (Wildman–Crippen LogP) is 5.63. The Morgan fingerprint density at radius 3 is 1.85 bits per heavy atom. The van der Waals surface area contributed by atoms with Crippen LogP contribution < -0.4 is 0 Å². The Hall–Kier alpha value is -0.880. The van der Waals surface area contributed by atoms with Gasteiger partial charge in [0.1, 0.15) is 0 Å². The summed E-state index contributed by atoms with van der Waals surface area (Å²) >= 11 is 0. The summed E-state index contributed by atoms with van der Waals surface area (Å²) in [4.78, 5) is 11.5. The number of carbonyl (C=O) groups excluding carboxylic acids is 1. The highest BCUT2D eigenvalue weighted by Gasteiger charge is 2.25. The van der Waals surface area contributed by atoms with Gasteiger partial charge in [0.05, 0.1) is 0 Å². The Balaban J connectivity index is 3.47. The molecule has 0 aromatic carbocycles. The number of hydrogen-bond acceptors (Lipinski definition) is 5. The maximum Gasteiger partial charge on any atom is 0.338 e. The van der Waals surface area contributed by atoms with Crippen LogP contribution in [0.15, 0.2) is 12.2 Å². The predicted molar refractivity (Wildman–Crippen MR) is 111 cm³/mol. The third-order valence-corrected chi connectivity index (χ3v) is 5.95. The van der Waals surface area contributed by atoms with Gasteiger partial charge in [-0.3, -0.25) is 4.79 Å². The molecule has 0 heterocycles. The molecule has 27 heavy (non-hydrogen) atoms. The lowest BCUT2D eigenvalue weighted by atomic mass is 10.1. The first-order valence-electron chi connectivity index (χ1n) is 10.7. The maximum atomic E-state index is 11.5. The van der Waals surface area contributed by atoms with Crippen LogP contribution in [0.4, 0.5) is 0 Å². The second kappa shape index (κ2) is 17.2. The molecule has 0 spiro atoms. The highest BCUT2D eigenvalue weighted by molar-refractivity contribution is 7.87. The van der Waals surface area contributed by atoms with Crippen molar-refractivity contribution in [3.63, 3.8) is 0 Å². The monoisotopic (exact) mass is 404 g/mol. The van der Waals surface area contributed by atoms with E-state index in [-0.39, 0.29) is 12.8 Å². The number of unbranched alkanes of at least 4 members (excludes halogenated alkanes) is 11. The van der Waals surface area contributed by atoms with Crippen LogP contribution in [0.5, 0.6) is 0 Å². The van der Waals surface area contributed by atoms with Crippen molar-refractivity contribution in [2.24, 2.45) is 0 Å². The fraction of sp³-hybridized carbons (Fsp3) is 0.857. The SMILES string of the molecule is CCCCCCCC/C=C\CCCCCCCC(=O)OS(=O)(=O)C(O)CC. The molecule has 0 radical (unpaired) electrons. The van der Waals surface area contributed by atoms with E-state index in [0.29, 0.717) is 6.42 Å². The Morgan fingerprint density at radius 1 is 0.852 bits per heavy atom. The van der Waals surface area contributed by atoms with Crippen molar-refractivity contribution >= 4 is 16.1 Å². The Morgan fingerprint density at radius 2 is 1.33 bits per heavy atom. The van der Waals surface area contributed by atoms with Gasteiger partial charge in [-0.25, -0.2) is 0 Å². The van der Waals surface area contributed by atoms with Crippen LogP contribution in [0, 0.1) is 0 Å². The molecule has 1 atom stereocenters. The fourth-order valence-corrected chi connectivity index (χ4v) is 3.63. The second-order valence-electron chi connectivity index (χ2n) is 7.15. The largest absolute Gasteiger partial charge is 0.374 e. The zero-order valence-electron chi connectivity index (χ0n) is 17.3. The smallest absolute Gasteiger partial charge is 0.338 e. The number of aliphatic hydroxyl groups excluding tert-OH is 1. The molecule has 0 aromatic heterocycles. The number of aliphatic hydroxyl groups is 1. The first-order chi connectivity index (χ1) is 12.9. The molecule has 6 heteroatoms. The molecule has 1 unspecified atom stereocenters. The molecular formula is C21H40O5S. The van der Waals surface area contributed by atoms with Crippen molar-refractivity contribution in [3.05, 3.63) is 12.2 Å². The molecule has 0 aliphatic rings. The first kappa shape index (κ1) is 26.1. The molecule has 0 aromatic rings. The molecule has 0 bridgehead atoms. The quantitative estimate of drug-likeness (QED) is 0.182. The van der Waals surface area contributed by atoms with Gasteiger partial charge in [-0.1, -0.05) is 77.4 Å². The van der Waals surface area contributed by atoms with Gasteiger partial charge in [-0.2, -0.15) is 8.42 Å². The van der Waals surface area contributed by atoms with Crippen LogP contribution in [0.25, 0.3) is 0 Å². The molecule has 0 rings (SSSR count). The molecule has 0 saturated heterocycles. The highest BCUT2D eigenvalue weighted by Crippen LogP contribution is 2.12. The number of allylic oxidation sites excluding steroid dienone is 2. The van der Waals surface area contributed by atoms with E-state index >= 15 is 0 Å². The van der Waals surface area contributed by atoms with Crippen LogP contribution >= 0.6 is 0 Å².